The molecule has 1 rings (SSSR count). The van der Waals surface area contributed by atoms with E-state index in [1.165, 1.54) is 9.88 Å². The molecular weight excluding hydrogens is 487 g/mol. The number of carbonyl (C=O) groups is 1. The van der Waals surface area contributed by atoms with Gasteiger partial charge in [0.2, 0.25) is 0 Å². The first-order valence-electron chi connectivity index (χ1n) is 10.2. The fraction of sp³-hybridized carbons (Fsp3) is 0.750. The molecule has 8 heteroatoms. The summed E-state index contributed by atoms with van der Waals surface area (Å²) >= 11 is 1.77. The van der Waals surface area contributed by atoms with E-state index in [0.717, 1.165) is 69.8 Å². The van der Waals surface area contributed by atoms with Gasteiger partial charge in [-0.2, -0.15) is 0 Å². The van der Waals surface area contributed by atoms with Gasteiger partial charge in [-0.1, -0.05) is 19.3 Å². The Labute approximate surface area is 191 Å². The Morgan fingerprint density at radius 1 is 1.11 bits per heavy atom. The summed E-state index contributed by atoms with van der Waals surface area (Å²) in [6.07, 6.45) is 6.81. The van der Waals surface area contributed by atoms with Gasteiger partial charge in [-0.25, -0.2) is 4.98 Å². The highest BCUT2D eigenvalue weighted by atomic mass is 127. The maximum absolute atomic E-state index is 11.3. The number of ether oxygens (including phenoxy) is 1. The Kier molecular flexibility index (Phi) is 16.5. The number of thiazole rings is 1. The van der Waals surface area contributed by atoms with E-state index in [4.69, 9.17) is 4.74 Å². The third-order valence-electron chi connectivity index (χ3n) is 4.16. The van der Waals surface area contributed by atoms with Crippen LogP contribution in [0.15, 0.2) is 4.99 Å². The SMILES string of the molecule is CCNC(=NCCCCCCCC(=O)OCC)NCCc1nc(C)c(C)s1.I. The summed E-state index contributed by atoms with van der Waals surface area (Å²) in [6.45, 7) is 11.1. The second-order valence-corrected chi connectivity index (χ2v) is 7.80. The molecule has 0 aromatic carbocycles. The standard InChI is InChI=1S/C20H36N4O2S.HI/c1-5-21-20(23-15-13-18-24-16(3)17(4)27-18)22-14-11-9-7-8-10-12-19(25)26-6-2;/h5-15H2,1-4H3,(H2,21,22,23);1H. The van der Waals surface area contributed by atoms with Crippen LogP contribution in [-0.2, 0) is 16.0 Å². The molecular formula is C20H37IN4O2S. The molecule has 1 aromatic rings. The van der Waals surface area contributed by atoms with Crippen molar-refractivity contribution in [3.8, 4) is 0 Å². The molecule has 162 valence electrons. The predicted molar refractivity (Wildman–Crippen MR) is 129 cm³/mol. The zero-order valence-electron chi connectivity index (χ0n) is 17.8. The van der Waals surface area contributed by atoms with Crippen LogP contribution in [0.3, 0.4) is 0 Å². The minimum Gasteiger partial charge on any atom is -0.466 e. The fourth-order valence-electron chi connectivity index (χ4n) is 2.61. The van der Waals surface area contributed by atoms with Crippen molar-refractivity contribution in [1.82, 2.24) is 15.6 Å². The van der Waals surface area contributed by atoms with Crippen LogP contribution in [0.25, 0.3) is 0 Å². The van der Waals surface area contributed by atoms with Gasteiger partial charge >= 0.3 is 5.97 Å². The number of aromatic nitrogens is 1. The molecule has 0 aliphatic rings. The van der Waals surface area contributed by atoms with Crippen LogP contribution in [-0.4, -0.2) is 43.2 Å². The van der Waals surface area contributed by atoms with Crippen molar-refractivity contribution in [2.45, 2.75) is 72.6 Å². The van der Waals surface area contributed by atoms with Gasteiger partial charge in [0.15, 0.2) is 5.96 Å². The van der Waals surface area contributed by atoms with Gasteiger partial charge in [0, 0.05) is 37.4 Å². The quantitative estimate of drug-likeness (QED) is 0.132. The van der Waals surface area contributed by atoms with Gasteiger partial charge in [-0.05, 0) is 40.5 Å². The van der Waals surface area contributed by atoms with Gasteiger partial charge in [-0.15, -0.1) is 35.3 Å². The molecule has 0 aliphatic carbocycles. The number of esters is 1. The van der Waals surface area contributed by atoms with Crippen LogP contribution in [0.4, 0.5) is 0 Å². The lowest BCUT2D eigenvalue weighted by Crippen LogP contribution is -2.38. The number of guanidine groups is 1. The topological polar surface area (TPSA) is 75.6 Å². The maximum atomic E-state index is 11.3. The Morgan fingerprint density at radius 2 is 1.82 bits per heavy atom. The number of hydrogen-bond donors (Lipinski definition) is 2. The predicted octanol–water partition coefficient (Wildman–Crippen LogP) is 4.38. The van der Waals surface area contributed by atoms with E-state index in [2.05, 4.69) is 41.4 Å². The number of nitrogens with one attached hydrogen (secondary N) is 2. The Bertz CT molecular complexity index is 559. The average molecular weight is 525 g/mol. The molecule has 2 N–H and O–H groups in total. The molecule has 0 bridgehead atoms. The van der Waals surface area contributed by atoms with Gasteiger partial charge < -0.3 is 15.4 Å². The summed E-state index contributed by atoms with van der Waals surface area (Å²) in [4.78, 5) is 21.8. The maximum Gasteiger partial charge on any atom is 0.305 e. The summed E-state index contributed by atoms with van der Waals surface area (Å²) in [5.74, 6) is 0.802. The number of aliphatic imine (C=N–C) groups is 1. The molecule has 0 spiro atoms. The number of aryl methyl sites for hydroxylation is 2. The van der Waals surface area contributed by atoms with E-state index in [9.17, 15) is 4.79 Å². The Balaban J connectivity index is 0.00000729. The molecule has 0 saturated carbocycles. The number of carbonyl (C=O) groups excluding carboxylic acids is 1. The summed E-state index contributed by atoms with van der Waals surface area (Å²) in [5.41, 5.74) is 1.14. The Hall–Kier alpha value is -0.900. The number of rotatable bonds is 13. The molecule has 28 heavy (non-hydrogen) atoms. The van der Waals surface area contributed by atoms with E-state index in [1.54, 1.807) is 11.3 Å². The lowest BCUT2D eigenvalue weighted by Gasteiger charge is -2.10. The largest absolute Gasteiger partial charge is 0.466 e. The third kappa shape index (κ3) is 12.5. The van der Waals surface area contributed by atoms with Crippen molar-refractivity contribution in [3.05, 3.63) is 15.6 Å². The van der Waals surface area contributed by atoms with Crippen LogP contribution in [0.1, 0.15) is 68.0 Å². The van der Waals surface area contributed by atoms with E-state index in [-0.39, 0.29) is 29.9 Å². The van der Waals surface area contributed by atoms with Crippen molar-refractivity contribution >= 4 is 47.2 Å². The molecule has 0 aliphatic heterocycles. The smallest absolute Gasteiger partial charge is 0.305 e. The molecule has 6 nitrogen and oxygen atoms in total. The first kappa shape index (κ1) is 27.1. The second-order valence-electron chi connectivity index (χ2n) is 6.51. The lowest BCUT2D eigenvalue weighted by atomic mass is 10.1. The van der Waals surface area contributed by atoms with Crippen LogP contribution >= 0.6 is 35.3 Å². The number of hydrogen-bond acceptors (Lipinski definition) is 5. The molecule has 0 radical (unpaired) electrons. The zero-order chi connectivity index (χ0) is 19.9. The molecule has 1 heterocycles. The first-order valence-corrected chi connectivity index (χ1v) is 11.0. The fourth-order valence-corrected chi connectivity index (χ4v) is 3.54. The van der Waals surface area contributed by atoms with Crippen molar-refractivity contribution < 1.29 is 9.53 Å². The highest BCUT2D eigenvalue weighted by Crippen LogP contribution is 2.16. The van der Waals surface area contributed by atoms with E-state index in [1.807, 2.05) is 6.92 Å². The summed E-state index contributed by atoms with van der Waals surface area (Å²) < 4.78 is 4.93. The van der Waals surface area contributed by atoms with E-state index < -0.39 is 0 Å². The third-order valence-corrected chi connectivity index (χ3v) is 5.30. The minimum absolute atomic E-state index is 0. The molecule has 0 saturated heterocycles. The first-order chi connectivity index (χ1) is 13.1. The van der Waals surface area contributed by atoms with Crippen LogP contribution in [0, 0.1) is 13.8 Å². The highest BCUT2D eigenvalue weighted by molar-refractivity contribution is 14.0. The molecule has 0 amide bonds. The summed E-state index contributed by atoms with van der Waals surface area (Å²) in [5, 5.41) is 7.86. The molecule has 0 atom stereocenters. The van der Waals surface area contributed by atoms with Crippen molar-refractivity contribution in [2.24, 2.45) is 4.99 Å². The molecule has 0 unspecified atom stereocenters. The van der Waals surface area contributed by atoms with Gasteiger partial charge in [0.25, 0.3) is 0 Å². The van der Waals surface area contributed by atoms with Crippen molar-refractivity contribution in [2.75, 3.05) is 26.2 Å². The monoisotopic (exact) mass is 524 g/mol. The molecule has 1 aromatic heterocycles. The normalized spacial score (nSPS) is 11.1. The van der Waals surface area contributed by atoms with Gasteiger partial charge in [0.1, 0.15) is 0 Å². The summed E-state index contributed by atoms with van der Waals surface area (Å²) in [7, 11) is 0. The minimum atomic E-state index is -0.0773. The number of nitrogens with zero attached hydrogens (tertiary/aromatic N) is 2. The van der Waals surface area contributed by atoms with Crippen molar-refractivity contribution in [3.63, 3.8) is 0 Å². The van der Waals surface area contributed by atoms with Crippen LogP contribution in [0.2, 0.25) is 0 Å². The highest BCUT2D eigenvalue weighted by Gasteiger charge is 2.04. The Morgan fingerprint density at radius 3 is 2.46 bits per heavy atom. The number of unbranched alkanes of at least 4 members (excludes halogenated alkanes) is 4. The van der Waals surface area contributed by atoms with Gasteiger partial charge in [0.05, 0.1) is 17.3 Å². The van der Waals surface area contributed by atoms with E-state index in [0.29, 0.717) is 13.0 Å². The van der Waals surface area contributed by atoms with Crippen LogP contribution < -0.4 is 10.6 Å². The average Bonchev–Trinajstić information content (AvgIpc) is 2.95. The summed E-state index contributed by atoms with van der Waals surface area (Å²) in [6, 6.07) is 0. The van der Waals surface area contributed by atoms with Gasteiger partial charge in [-0.3, -0.25) is 9.79 Å². The second kappa shape index (κ2) is 17.0. The zero-order valence-corrected chi connectivity index (χ0v) is 21.0. The lowest BCUT2D eigenvalue weighted by molar-refractivity contribution is -0.143. The van der Waals surface area contributed by atoms with Crippen molar-refractivity contribution in [1.29, 1.82) is 0 Å². The number of halogens is 1. The van der Waals surface area contributed by atoms with E-state index >= 15 is 0 Å². The molecule has 0 fully saturated rings. The van der Waals surface area contributed by atoms with Crippen LogP contribution in [0.5, 0.6) is 0 Å².